The number of pyridine rings is 1. The van der Waals surface area contributed by atoms with Crippen molar-refractivity contribution in [2.75, 3.05) is 0 Å². The van der Waals surface area contributed by atoms with E-state index in [2.05, 4.69) is 36.2 Å². The van der Waals surface area contributed by atoms with E-state index in [0.29, 0.717) is 0 Å². The van der Waals surface area contributed by atoms with Crippen molar-refractivity contribution < 1.29 is 0 Å². The van der Waals surface area contributed by atoms with Crippen LogP contribution in [0.5, 0.6) is 0 Å². The third-order valence-corrected chi connectivity index (χ3v) is 4.55. The first-order valence-corrected chi connectivity index (χ1v) is 6.79. The number of nitrogens with zero attached hydrogens (tertiary/aromatic N) is 1. The average molecular weight is 240 g/mol. The molecule has 1 aromatic carbocycles. The van der Waals surface area contributed by atoms with Gasteiger partial charge in [0.2, 0.25) is 0 Å². The van der Waals surface area contributed by atoms with E-state index in [4.69, 9.17) is 5.73 Å². The Morgan fingerprint density at radius 1 is 1.22 bits per heavy atom. The Bertz CT molecular complexity index is 551. The van der Waals surface area contributed by atoms with Crippen LogP contribution in [0.2, 0.25) is 0 Å². The predicted octanol–water partition coefficient (Wildman–Crippen LogP) is 3.81. The predicted molar refractivity (Wildman–Crippen MR) is 75.2 cm³/mol. The zero-order valence-electron chi connectivity index (χ0n) is 10.9. The normalized spacial score (nSPS) is 20.1. The van der Waals surface area contributed by atoms with Crippen LogP contribution in [-0.4, -0.2) is 4.98 Å². The third kappa shape index (κ3) is 1.81. The van der Waals surface area contributed by atoms with E-state index < -0.39 is 0 Å². The van der Waals surface area contributed by atoms with Crippen LogP contribution in [0.25, 0.3) is 10.8 Å². The van der Waals surface area contributed by atoms with Gasteiger partial charge in [0.05, 0.1) is 0 Å². The van der Waals surface area contributed by atoms with Gasteiger partial charge < -0.3 is 5.73 Å². The van der Waals surface area contributed by atoms with E-state index in [9.17, 15) is 0 Å². The number of fused-ring (bicyclic) bond motifs is 1. The van der Waals surface area contributed by atoms with Crippen molar-refractivity contribution in [3.63, 3.8) is 0 Å². The van der Waals surface area contributed by atoms with Gasteiger partial charge >= 0.3 is 0 Å². The summed E-state index contributed by atoms with van der Waals surface area (Å²) in [7, 11) is 0. The lowest BCUT2D eigenvalue weighted by atomic mass is 9.77. The van der Waals surface area contributed by atoms with Crippen LogP contribution in [0.4, 0.5) is 0 Å². The molecule has 1 unspecified atom stereocenters. The van der Waals surface area contributed by atoms with Gasteiger partial charge in [0, 0.05) is 23.8 Å². The van der Waals surface area contributed by atoms with Gasteiger partial charge in [-0.2, -0.15) is 0 Å². The maximum atomic E-state index is 6.57. The number of benzene rings is 1. The molecule has 18 heavy (non-hydrogen) atoms. The summed E-state index contributed by atoms with van der Waals surface area (Å²) in [5.41, 5.74) is 8.08. The van der Waals surface area contributed by atoms with Crippen molar-refractivity contribution in [3.05, 3.63) is 42.2 Å². The van der Waals surface area contributed by atoms with Crippen molar-refractivity contribution in [2.24, 2.45) is 11.1 Å². The first-order valence-electron chi connectivity index (χ1n) is 6.79. The van der Waals surface area contributed by atoms with Crippen LogP contribution in [0.1, 0.15) is 44.2 Å². The molecule has 1 fully saturated rings. The Hall–Kier alpha value is -1.41. The molecule has 0 saturated heterocycles. The SMILES string of the molecule is CC1(C(N)c2cccc3ccncc23)CCCC1. The molecule has 2 N–H and O–H groups in total. The number of rotatable bonds is 2. The molecule has 1 aliphatic rings. The quantitative estimate of drug-likeness (QED) is 0.866. The van der Waals surface area contributed by atoms with Gasteiger partial charge in [-0.25, -0.2) is 0 Å². The van der Waals surface area contributed by atoms with Crippen LogP contribution in [0, 0.1) is 5.41 Å². The van der Waals surface area contributed by atoms with Gasteiger partial charge in [-0.05, 0) is 35.3 Å². The molecular formula is C16H20N2. The summed E-state index contributed by atoms with van der Waals surface area (Å²) in [4.78, 5) is 4.25. The van der Waals surface area contributed by atoms with Gasteiger partial charge in [0.15, 0.2) is 0 Å². The molecule has 0 radical (unpaired) electrons. The van der Waals surface area contributed by atoms with Gasteiger partial charge in [-0.1, -0.05) is 38.0 Å². The highest BCUT2D eigenvalue weighted by molar-refractivity contribution is 5.85. The molecular weight excluding hydrogens is 220 g/mol. The van der Waals surface area contributed by atoms with Crippen molar-refractivity contribution in [2.45, 2.75) is 38.6 Å². The van der Waals surface area contributed by atoms with Crippen molar-refractivity contribution >= 4 is 10.8 Å². The summed E-state index contributed by atoms with van der Waals surface area (Å²) in [5, 5.41) is 2.44. The fourth-order valence-electron chi connectivity index (χ4n) is 3.28. The molecule has 1 aromatic heterocycles. The second-order valence-electron chi connectivity index (χ2n) is 5.78. The number of hydrogen-bond donors (Lipinski definition) is 1. The monoisotopic (exact) mass is 240 g/mol. The largest absolute Gasteiger partial charge is 0.323 e. The van der Waals surface area contributed by atoms with E-state index in [1.807, 2.05) is 12.4 Å². The highest BCUT2D eigenvalue weighted by atomic mass is 14.7. The summed E-state index contributed by atoms with van der Waals surface area (Å²) >= 11 is 0. The van der Waals surface area contributed by atoms with E-state index in [1.54, 1.807) is 0 Å². The maximum absolute atomic E-state index is 6.57. The molecule has 0 bridgehead atoms. The zero-order valence-corrected chi connectivity index (χ0v) is 10.9. The smallest absolute Gasteiger partial charge is 0.0356 e. The van der Waals surface area contributed by atoms with Crippen LogP contribution in [0.15, 0.2) is 36.7 Å². The molecule has 94 valence electrons. The summed E-state index contributed by atoms with van der Waals surface area (Å²) in [5.74, 6) is 0. The van der Waals surface area contributed by atoms with E-state index in [0.717, 1.165) is 0 Å². The molecule has 2 nitrogen and oxygen atoms in total. The minimum atomic E-state index is 0.118. The van der Waals surface area contributed by atoms with Crippen LogP contribution in [0.3, 0.4) is 0 Å². The third-order valence-electron chi connectivity index (χ3n) is 4.55. The molecule has 1 aliphatic carbocycles. The van der Waals surface area contributed by atoms with Crippen molar-refractivity contribution in [1.82, 2.24) is 4.98 Å². The highest BCUT2D eigenvalue weighted by Gasteiger charge is 2.36. The van der Waals surface area contributed by atoms with Crippen LogP contribution >= 0.6 is 0 Å². The van der Waals surface area contributed by atoms with Gasteiger partial charge in [0.25, 0.3) is 0 Å². The molecule has 1 atom stereocenters. The lowest BCUT2D eigenvalue weighted by molar-refractivity contribution is 0.267. The second kappa shape index (κ2) is 4.36. The Labute approximate surface area is 108 Å². The fourth-order valence-corrected chi connectivity index (χ4v) is 3.28. The number of nitrogens with two attached hydrogens (primary N) is 1. The number of hydrogen-bond acceptors (Lipinski definition) is 2. The Kier molecular flexibility index (Phi) is 2.83. The summed E-state index contributed by atoms with van der Waals surface area (Å²) in [6.45, 7) is 2.33. The fraction of sp³-hybridized carbons (Fsp3) is 0.438. The van der Waals surface area contributed by atoms with Gasteiger partial charge in [-0.15, -0.1) is 0 Å². The van der Waals surface area contributed by atoms with Gasteiger partial charge in [-0.3, -0.25) is 4.98 Å². The summed E-state index contributed by atoms with van der Waals surface area (Å²) < 4.78 is 0. The zero-order chi connectivity index (χ0) is 12.6. The minimum Gasteiger partial charge on any atom is -0.323 e. The van der Waals surface area contributed by atoms with Crippen LogP contribution < -0.4 is 5.73 Å². The van der Waals surface area contributed by atoms with E-state index >= 15 is 0 Å². The molecule has 1 heterocycles. The molecule has 0 aliphatic heterocycles. The highest BCUT2D eigenvalue weighted by Crippen LogP contribution is 2.46. The standard InChI is InChI=1S/C16H20N2/c1-16(8-2-3-9-16)15(17)13-6-4-5-12-7-10-18-11-14(12)13/h4-7,10-11,15H,2-3,8-9,17H2,1H3. The topological polar surface area (TPSA) is 38.9 Å². The number of aromatic nitrogens is 1. The first kappa shape index (κ1) is 11.7. The Balaban J connectivity index is 2.08. The molecule has 0 spiro atoms. The molecule has 0 amide bonds. The molecule has 2 aromatic rings. The molecule has 3 rings (SSSR count). The lowest BCUT2D eigenvalue weighted by Crippen LogP contribution is -2.29. The molecule has 1 saturated carbocycles. The first-order chi connectivity index (χ1) is 8.71. The Morgan fingerprint density at radius 2 is 2.00 bits per heavy atom. The van der Waals surface area contributed by atoms with Crippen LogP contribution in [-0.2, 0) is 0 Å². The maximum Gasteiger partial charge on any atom is 0.0356 e. The van der Waals surface area contributed by atoms with Crippen molar-refractivity contribution in [3.8, 4) is 0 Å². The second-order valence-corrected chi connectivity index (χ2v) is 5.78. The van der Waals surface area contributed by atoms with Crippen molar-refractivity contribution in [1.29, 1.82) is 0 Å². The van der Waals surface area contributed by atoms with E-state index in [1.165, 1.54) is 42.0 Å². The molecule has 2 heteroatoms. The summed E-state index contributed by atoms with van der Waals surface area (Å²) in [6.07, 6.45) is 8.90. The minimum absolute atomic E-state index is 0.118. The summed E-state index contributed by atoms with van der Waals surface area (Å²) in [6, 6.07) is 8.58. The van der Waals surface area contributed by atoms with Gasteiger partial charge in [0.1, 0.15) is 0 Å². The van der Waals surface area contributed by atoms with E-state index in [-0.39, 0.29) is 11.5 Å². The lowest BCUT2D eigenvalue weighted by Gasteiger charge is -2.32. The average Bonchev–Trinajstić information content (AvgIpc) is 2.85. The Morgan fingerprint density at radius 3 is 2.78 bits per heavy atom.